The number of aliphatic hydroxyl groups is 1. The predicted molar refractivity (Wildman–Crippen MR) is 87.3 cm³/mol. The molecule has 0 fully saturated rings. The summed E-state index contributed by atoms with van der Waals surface area (Å²) < 4.78 is 93.4. The van der Waals surface area contributed by atoms with Gasteiger partial charge in [0.25, 0.3) is 6.43 Å². The highest BCUT2D eigenvalue weighted by Crippen LogP contribution is 2.39. The summed E-state index contributed by atoms with van der Waals surface area (Å²) in [6.45, 7) is 4.16. The molecule has 150 valence electrons. The molecule has 0 aromatic carbocycles. The van der Waals surface area contributed by atoms with Gasteiger partial charge in [-0.2, -0.15) is 13.2 Å². The van der Waals surface area contributed by atoms with E-state index in [0.717, 1.165) is 12.1 Å². The second-order valence-corrected chi connectivity index (χ2v) is 9.26. The molecule has 0 radical (unpaired) electrons. The Morgan fingerprint density at radius 1 is 1.27 bits per heavy atom. The summed E-state index contributed by atoms with van der Waals surface area (Å²) in [5.74, 6) is -1.33. The van der Waals surface area contributed by atoms with Gasteiger partial charge in [0.05, 0.1) is 0 Å². The van der Waals surface area contributed by atoms with Crippen LogP contribution in [0.2, 0.25) is 0 Å². The van der Waals surface area contributed by atoms with Gasteiger partial charge in [-0.1, -0.05) is 0 Å². The van der Waals surface area contributed by atoms with Gasteiger partial charge in [-0.05, 0) is 48.8 Å². The van der Waals surface area contributed by atoms with Crippen molar-refractivity contribution >= 4 is 27.3 Å². The number of halogens is 7. The van der Waals surface area contributed by atoms with Gasteiger partial charge in [0, 0.05) is 17.8 Å². The van der Waals surface area contributed by atoms with E-state index in [0.29, 0.717) is 0 Å². The summed E-state index contributed by atoms with van der Waals surface area (Å²) in [7, 11) is 0. The van der Waals surface area contributed by atoms with E-state index in [2.05, 4.69) is 20.9 Å². The topological polar surface area (TPSA) is 68.2 Å². The van der Waals surface area contributed by atoms with E-state index in [1.54, 1.807) is 0 Å². The Balaban J connectivity index is 3.57. The Morgan fingerprint density at radius 3 is 2.23 bits per heavy atom. The smallest absolute Gasteiger partial charge is 0.414 e. The van der Waals surface area contributed by atoms with Gasteiger partial charge in [0.1, 0.15) is 20.9 Å². The summed E-state index contributed by atoms with van der Waals surface area (Å²) >= 11 is 0.522. The van der Waals surface area contributed by atoms with Crippen molar-refractivity contribution in [3.8, 4) is 0 Å². The maximum atomic E-state index is 14.2. The molecule has 3 atom stereocenters. The van der Waals surface area contributed by atoms with Gasteiger partial charge in [-0.25, -0.2) is 18.2 Å². The van der Waals surface area contributed by atoms with Crippen LogP contribution >= 0.6 is 15.9 Å². The number of aliphatic hydroxyl groups excluding tert-OH is 1. The number of alkyl halides is 5. The van der Waals surface area contributed by atoms with Crippen LogP contribution in [0.4, 0.5) is 26.3 Å². The minimum atomic E-state index is -5.24. The minimum absolute atomic E-state index is 0.122. The Kier molecular flexibility index (Phi) is 7.41. The Bertz CT molecular complexity index is 604. The average molecular weight is 471 g/mol. The number of hydrogen-bond donors (Lipinski definition) is 2. The van der Waals surface area contributed by atoms with Crippen LogP contribution in [0, 0.1) is 5.82 Å². The standard InChI is InChI=1S/C14H17BrF6N2O2S/c1-12(2,3)26(25)23-13(11(17)18,6-8(24)14(19,20)21)10-7(16)4-5-9(15)22-10/h4-5,8,11,23-24H,6H2,1-3H3/t8-,13+,26-/m1/s1. The molecular weight excluding hydrogens is 454 g/mol. The summed E-state index contributed by atoms with van der Waals surface area (Å²) in [6, 6.07) is 1.79. The highest BCUT2D eigenvalue weighted by molar-refractivity contribution is 9.10. The molecule has 1 aromatic rings. The van der Waals surface area contributed by atoms with Crippen LogP contribution < -0.4 is 4.72 Å². The van der Waals surface area contributed by atoms with Crippen molar-refractivity contribution in [3.05, 3.63) is 28.2 Å². The van der Waals surface area contributed by atoms with Crippen molar-refractivity contribution in [1.29, 1.82) is 0 Å². The summed E-state index contributed by atoms with van der Waals surface area (Å²) in [4.78, 5) is 3.52. The summed E-state index contributed by atoms with van der Waals surface area (Å²) in [5.41, 5.74) is -4.22. The third kappa shape index (κ3) is 5.47. The van der Waals surface area contributed by atoms with Crippen molar-refractivity contribution in [2.75, 3.05) is 0 Å². The molecule has 0 saturated carbocycles. The van der Waals surface area contributed by atoms with Crippen LogP contribution in [0.25, 0.3) is 0 Å². The van der Waals surface area contributed by atoms with Gasteiger partial charge in [0.15, 0.2) is 11.6 Å². The lowest BCUT2D eigenvalue weighted by Gasteiger charge is -2.37. The van der Waals surface area contributed by atoms with E-state index >= 15 is 0 Å². The largest absolute Gasteiger partial charge is 0.598 e. The van der Waals surface area contributed by atoms with Crippen LogP contribution in [0.15, 0.2) is 16.7 Å². The quantitative estimate of drug-likeness (QED) is 0.376. The molecule has 0 aliphatic rings. The first-order valence-electron chi connectivity index (χ1n) is 7.16. The fraction of sp³-hybridized carbons (Fsp3) is 0.643. The normalized spacial score (nSPS) is 17.9. The van der Waals surface area contributed by atoms with E-state index in [1.165, 1.54) is 20.8 Å². The molecule has 4 nitrogen and oxygen atoms in total. The third-order valence-electron chi connectivity index (χ3n) is 3.33. The molecule has 0 spiro atoms. The van der Waals surface area contributed by atoms with E-state index in [9.17, 15) is 36.0 Å². The number of nitrogens with zero attached hydrogens (tertiary/aromatic N) is 1. The average Bonchev–Trinajstić information content (AvgIpc) is 2.46. The third-order valence-corrected chi connectivity index (χ3v) is 5.43. The van der Waals surface area contributed by atoms with Crippen molar-refractivity contribution in [2.45, 2.75) is 56.2 Å². The molecule has 0 unspecified atom stereocenters. The molecule has 26 heavy (non-hydrogen) atoms. The first-order chi connectivity index (χ1) is 11.6. The summed E-state index contributed by atoms with van der Waals surface area (Å²) in [6.07, 6.45) is -13.8. The van der Waals surface area contributed by atoms with Gasteiger partial charge >= 0.3 is 6.18 Å². The number of pyridine rings is 1. The minimum Gasteiger partial charge on any atom is -0.598 e. The SMILES string of the molecule is CC(C)(C)[S@@+]([O-])N[C@@](C[C@@H](O)C(F)(F)F)(c1nc(Br)ccc1F)C(F)F. The van der Waals surface area contributed by atoms with Crippen LogP contribution in [0.5, 0.6) is 0 Å². The van der Waals surface area contributed by atoms with Crippen molar-refractivity contribution in [3.63, 3.8) is 0 Å². The molecule has 0 amide bonds. The van der Waals surface area contributed by atoms with Crippen molar-refractivity contribution < 1.29 is 36.0 Å². The maximum absolute atomic E-state index is 14.2. The predicted octanol–water partition coefficient (Wildman–Crippen LogP) is 3.81. The Hall–Kier alpha value is -0.560. The van der Waals surface area contributed by atoms with Crippen LogP contribution in [-0.2, 0) is 16.9 Å². The van der Waals surface area contributed by atoms with Gasteiger partial charge in [-0.15, -0.1) is 4.72 Å². The van der Waals surface area contributed by atoms with Gasteiger partial charge in [-0.3, -0.25) is 0 Å². The van der Waals surface area contributed by atoms with E-state index < -0.39 is 58.3 Å². The van der Waals surface area contributed by atoms with Crippen molar-refractivity contribution in [1.82, 2.24) is 9.71 Å². The Labute approximate surface area is 157 Å². The van der Waals surface area contributed by atoms with Crippen LogP contribution in [-0.4, -0.2) is 38.1 Å². The fourth-order valence-electron chi connectivity index (χ4n) is 1.89. The van der Waals surface area contributed by atoms with Crippen molar-refractivity contribution in [2.24, 2.45) is 0 Å². The number of nitrogens with one attached hydrogen (secondary N) is 1. The number of aromatic nitrogens is 1. The second-order valence-electron chi connectivity index (χ2n) is 6.48. The number of hydrogen-bond acceptors (Lipinski definition) is 4. The zero-order chi connectivity index (χ0) is 20.5. The Morgan fingerprint density at radius 2 is 1.81 bits per heavy atom. The van der Waals surface area contributed by atoms with Gasteiger partial charge in [0.2, 0.25) is 0 Å². The monoisotopic (exact) mass is 470 g/mol. The fourth-order valence-corrected chi connectivity index (χ4v) is 3.11. The molecule has 12 heteroatoms. The molecule has 0 aliphatic carbocycles. The van der Waals surface area contributed by atoms with Crippen LogP contribution in [0.1, 0.15) is 32.9 Å². The zero-order valence-electron chi connectivity index (χ0n) is 13.9. The van der Waals surface area contributed by atoms with E-state index in [1.807, 2.05) is 4.72 Å². The van der Waals surface area contributed by atoms with E-state index in [4.69, 9.17) is 0 Å². The maximum Gasteiger partial charge on any atom is 0.414 e. The molecule has 0 saturated heterocycles. The molecule has 1 rings (SSSR count). The molecular formula is C14H17BrF6N2O2S. The van der Waals surface area contributed by atoms with E-state index in [-0.39, 0.29) is 4.60 Å². The molecule has 0 bridgehead atoms. The van der Waals surface area contributed by atoms with Crippen LogP contribution in [0.3, 0.4) is 0 Å². The summed E-state index contributed by atoms with van der Waals surface area (Å²) in [5, 5.41) is 9.35. The molecule has 2 N–H and O–H groups in total. The lowest BCUT2D eigenvalue weighted by atomic mass is 9.88. The molecule has 1 aromatic heterocycles. The first-order valence-corrected chi connectivity index (χ1v) is 9.10. The first kappa shape index (κ1) is 23.5. The zero-order valence-corrected chi connectivity index (χ0v) is 16.3. The van der Waals surface area contributed by atoms with Gasteiger partial charge < -0.3 is 9.66 Å². The molecule has 0 aliphatic heterocycles. The lowest BCUT2D eigenvalue weighted by Crippen LogP contribution is -2.58. The highest BCUT2D eigenvalue weighted by Gasteiger charge is 2.55. The lowest BCUT2D eigenvalue weighted by molar-refractivity contribution is -0.214. The highest BCUT2D eigenvalue weighted by atomic mass is 79.9. The molecule has 1 heterocycles. The second kappa shape index (κ2) is 8.21. The number of rotatable bonds is 6.